The zero-order chi connectivity index (χ0) is 15.6. The van der Waals surface area contributed by atoms with Gasteiger partial charge in [-0.05, 0) is 44.5 Å². The van der Waals surface area contributed by atoms with Crippen molar-refractivity contribution in [2.45, 2.75) is 20.8 Å². The third kappa shape index (κ3) is 3.08. The number of nitrogens with one attached hydrogen (secondary N) is 1. The van der Waals surface area contributed by atoms with Gasteiger partial charge >= 0.3 is 5.97 Å². The number of rotatable bonds is 3. The lowest BCUT2D eigenvalue weighted by Gasteiger charge is -2.12. The zero-order valence-corrected chi connectivity index (χ0v) is 12.1. The van der Waals surface area contributed by atoms with Crippen LogP contribution in [0.4, 0.5) is 5.69 Å². The van der Waals surface area contributed by atoms with Crippen LogP contribution in [0.1, 0.15) is 37.7 Å². The normalized spacial score (nSPS) is 10.2. The Balaban J connectivity index is 2.38. The van der Waals surface area contributed by atoms with Gasteiger partial charge in [0.25, 0.3) is 5.91 Å². The Morgan fingerprint density at radius 1 is 1.05 bits per heavy atom. The molecule has 0 saturated heterocycles. The maximum absolute atomic E-state index is 12.3. The fraction of sp³-hybridized carbons (Fsp3) is 0.188. The SMILES string of the molecule is Cc1ccc(C(=O)Nc2c(C)cccc2C(=O)O)c(C)n1. The highest BCUT2D eigenvalue weighted by atomic mass is 16.4. The maximum Gasteiger partial charge on any atom is 0.337 e. The molecule has 2 aromatic rings. The van der Waals surface area contributed by atoms with E-state index in [-0.39, 0.29) is 11.5 Å². The quantitative estimate of drug-likeness (QED) is 0.908. The predicted octanol–water partition coefficient (Wildman–Crippen LogP) is 2.96. The first-order chi connectivity index (χ1) is 9.90. The van der Waals surface area contributed by atoms with E-state index in [9.17, 15) is 14.7 Å². The molecule has 0 spiro atoms. The summed E-state index contributed by atoms with van der Waals surface area (Å²) >= 11 is 0. The van der Waals surface area contributed by atoms with Gasteiger partial charge in [0.2, 0.25) is 0 Å². The van der Waals surface area contributed by atoms with Crippen LogP contribution in [0.15, 0.2) is 30.3 Å². The summed E-state index contributed by atoms with van der Waals surface area (Å²) in [5.74, 6) is -1.44. The minimum absolute atomic E-state index is 0.0704. The minimum Gasteiger partial charge on any atom is -0.478 e. The Morgan fingerprint density at radius 2 is 1.76 bits per heavy atom. The Bertz CT molecular complexity index is 723. The van der Waals surface area contributed by atoms with Gasteiger partial charge in [-0.25, -0.2) is 4.79 Å². The van der Waals surface area contributed by atoms with Gasteiger partial charge in [0.15, 0.2) is 0 Å². The molecule has 0 aliphatic heterocycles. The molecule has 1 amide bonds. The molecule has 0 atom stereocenters. The van der Waals surface area contributed by atoms with E-state index in [1.165, 1.54) is 6.07 Å². The topological polar surface area (TPSA) is 79.3 Å². The maximum atomic E-state index is 12.3. The Morgan fingerprint density at radius 3 is 2.38 bits per heavy atom. The number of carbonyl (C=O) groups excluding carboxylic acids is 1. The highest BCUT2D eigenvalue weighted by Crippen LogP contribution is 2.22. The van der Waals surface area contributed by atoms with Crippen molar-refractivity contribution < 1.29 is 14.7 Å². The second-order valence-electron chi connectivity index (χ2n) is 4.84. The van der Waals surface area contributed by atoms with Crippen molar-refractivity contribution in [2.75, 3.05) is 5.32 Å². The van der Waals surface area contributed by atoms with Crippen molar-refractivity contribution in [3.63, 3.8) is 0 Å². The molecule has 0 aliphatic carbocycles. The molecule has 2 rings (SSSR count). The van der Waals surface area contributed by atoms with Crippen molar-refractivity contribution in [3.8, 4) is 0 Å². The van der Waals surface area contributed by atoms with E-state index in [0.29, 0.717) is 22.5 Å². The number of carbonyl (C=O) groups is 2. The summed E-state index contributed by atoms with van der Waals surface area (Å²) in [6, 6.07) is 8.30. The second-order valence-corrected chi connectivity index (χ2v) is 4.84. The molecule has 5 nitrogen and oxygen atoms in total. The monoisotopic (exact) mass is 284 g/mol. The molecule has 0 aliphatic rings. The lowest BCUT2D eigenvalue weighted by atomic mass is 10.1. The average molecular weight is 284 g/mol. The van der Waals surface area contributed by atoms with Gasteiger partial charge in [-0.3, -0.25) is 9.78 Å². The molecule has 1 heterocycles. The minimum atomic E-state index is -1.08. The molecule has 0 unspecified atom stereocenters. The van der Waals surface area contributed by atoms with Crippen molar-refractivity contribution >= 4 is 17.6 Å². The van der Waals surface area contributed by atoms with Crippen LogP contribution in [0.2, 0.25) is 0 Å². The molecule has 21 heavy (non-hydrogen) atoms. The van der Waals surface area contributed by atoms with Crippen LogP contribution in [0, 0.1) is 20.8 Å². The van der Waals surface area contributed by atoms with Crippen LogP contribution < -0.4 is 5.32 Å². The molecule has 5 heteroatoms. The van der Waals surface area contributed by atoms with E-state index in [4.69, 9.17) is 0 Å². The van der Waals surface area contributed by atoms with E-state index < -0.39 is 5.97 Å². The summed E-state index contributed by atoms with van der Waals surface area (Å²) < 4.78 is 0. The predicted molar refractivity (Wildman–Crippen MR) is 79.8 cm³/mol. The Hall–Kier alpha value is -2.69. The van der Waals surface area contributed by atoms with E-state index >= 15 is 0 Å². The molecular formula is C16H16N2O3. The van der Waals surface area contributed by atoms with Crippen molar-refractivity contribution in [1.29, 1.82) is 0 Å². The van der Waals surface area contributed by atoms with Crippen molar-refractivity contribution in [3.05, 3.63) is 58.4 Å². The van der Waals surface area contributed by atoms with Crippen molar-refractivity contribution in [1.82, 2.24) is 4.98 Å². The molecule has 2 N–H and O–H groups in total. The van der Waals surface area contributed by atoms with Crippen LogP contribution in [0.5, 0.6) is 0 Å². The highest BCUT2D eigenvalue weighted by Gasteiger charge is 2.16. The lowest BCUT2D eigenvalue weighted by molar-refractivity contribution is 0.0698. The number of aryl methyl sites for hydroxylation is 3. The van der Waals surface area contributed by atoms with Crippen LogP contribution in [0.3, 0.4) is 0 Å². The van der Waals surface area contributed by atoms with Gasteiger partial charge in [0.05, 0.1) is 22.5 Å². The number of hydrogen-bond acceptors (Lipinski definition) is 3. The smallest absolute Gasteiger partial charge is 0.337 e. The van der Waals surface area contributed by atoms with Gasteiger partial charge in [-0.15, -0.1) is 0 Å². The number of pyridine rings is 1. The summed E-state index contributed by atoms with van der Waals surface area (Å²) in [4.78, 5) is 27.8. The number of benzene rings is 1. The standard InChI is InChI=1S/C16H16N2O3/c1-9-5-4-6-13(16(20)21)14(9)18-15(19)12-8-7-10(2)17-11(12)3/h4-8H,1-3H3,(H,18,19)(H,20,21). The molecule has 0 fully saturated rings. The van der Waals surface area contributed by atoms with Crippen LogP contribution in [-0.4, -0.2) is 22.0 Å². The zero-order valence-electron chi connectivity index (χ0n) is 12.1. The largest absolute Gasteiger partial charge is 0.478 e. The highest BCUT2D eigenvalue weighted by molar-refractivity contribution is 6.08. The number of nitrogens with zero attached hydrogens (tertiary/aromatic N) is 1. The first-order valence-corrected chi connectivity index (χ1v) is 6.48. The van der Waals surface area contributed by atoms with E-state index in [1.807, 2.05) is 6.92 Å². The molecular weight excluding hydrogens is 268 g/mol. The van der Waals surface area contributed by atoms with Crippen LogP contribution in [0.25, 0.3) is 0 Å². The Labute approximate surface area is 122 Å². The van der Waals surface area contributed by atoms with Gasteiger partial charge < -0.3 is 10.4 Å². The third-order valence-corrected chi connectivity index (χ3v) is 3.21. The number of anilines is 1. The van der Waals surface area contributed by atoms with Crippen molar-refractivity contribution in [2.24, 2.45) is 0 Å². The number of carboxylic acid groups (broad SMARTS) is 1. The lowest BCUT2D eigenvalue weighted by Crippen LogP contribution is -2.17. The number of hydrogen-bond donors (Lipinski definition) is 2. The van der Waals surface area contributed by atoms with Gasteiger partial charge in [0.1, 0.15) is 0 Å². The molecule has 1 aromatic heterocycles. The first kappa shape index (κ1) is 14.7. The molecule has 0 bridgehead atoms. The summed E-state index contributed by atoms with van der Waals surface area (Å²) in [5.41, 5.74) is 2.95. The van der Waals surface area contributed by atoms with Crippen LogP contribution >= 0.6 is 0 Å². The fourth-order valence-corrected chi connectivity index (χ4v) is 2.12. The van der Waals surface area contributed by atoms with Crippen LogP contribution in [-0.2, 0) is 0 Å². The molecule has 0 radical (unpaired) electrons. The van der Waals surface area contributed by atoms with E-state index in [2.05, 4.69) is 10.3 Å². The summed E-state index contributed by atoms with van der Waals surface area (Å²) in [5, 5.41) is 11.9. The third-order valence-electron chi connectivity index (χ3n) is 3.21. The van der Waals surface area contributed by atoms with Gasteiger partial charge in [-0.2, -0.15) is 0 Å². The number of aromatic nitrogens is 1. The van der Waals surface area contributed by atoms with Gasteiger partial charge in [-0.1, -0.05) is 12.1 Å². The summed E-state index contributed by atoms with van der Waals surface area (Å²) in [6.07, 6.45) is 0. The second kappa shape index (κ2) is 5.75. The number of amides is 1. The fourth-order valence-electron chi connectivity index (χ4n) is 2.12. The van der Waals surface area contributed by atoms with E-state index in [0.717, 1.165) is 5.69 Å². The Kier molecular flexibility index (Phi) is 4.03. The number of para-hydroxylation sites is 1. The van der Waals surface area contributed by atoms with Gasteiger partial charge in [0, 0.05) is 5.69 Å². The molecule has 0 saturated carbocycles. The first-order valence-electron chi connectivity index (χ1n) is 6.48. The summed E-state index contributed by atoms with van der Waals surface area (Å²) in [7, 11) is 0. The number of carboxylic acids is 1. The van der Waals surface area contributed by atoms with E-state index in [1.54, 1.807) is 38.1 Å². The summed E-state index contributed by atoms with van der Waals surface area (Å²) in [6.45, 7) is 5.35. The number of aromatic carboxylic acids is 1. The molecule has 1 aromatic carbocycles. The average Bonchev–Trinajstić information content (AvgIpc) is 2.40. The molecule has 108 valence electrons.